The van der Waals surface area contributed by atoms with E-state index in [0.29, 0.717) is 14.3 Å². The fourth-order valence-electron chi connectivity index (χ4n) is 2.63. The van der Waals surface area contributed by atoms with E-state index >= 15 is 0 Å². The quantitative estimate of drug-likeness (QED) is 0.542. The molecule has 0 saturated carbocycles. The fourth-order valence-corrected chi connectivity index (χ4v) is 4.12. The molecule has 0 aliphatic carbocycles. The summed E-state index contributed by atoms with van der Waals surface area (Å²) in [6.07, 6.45) is 0. The molecular formula is C19H26Cl2NOPTi. The van der Waals surface area contributed by atoms with E-state index in [2.05, 4.69) is 57.0 Å². The van der Waals surface area contributed by atoms with Gasteiger partial charge in [-0.3, -0.25) is 0 Å². The Morgan fingerprint density at radius 2 is 1.76 bits per heavy atom. The second kappa shape index (κ2) is 11.6. The topological polar surface area (TPSA) is 23.5 Å². The van der Waals surface area contributed by atoms with E-state index in [0.717, 1.165) is 24.0 Å². The van der Waals surface area contributed by atoms with Gasteiger partial charge in [-0.1, -0.05) is 39.8 Å². The molecule has 1 N–H and O–H groups in total. The van der Waals surface area contributed by atoms with Gasteiger partial charge in [0.05, 0.1) is 0 Å². The molecule has 2 aromatic rings. The third kappa shape index (κ3) is 7.21. The zero-order chi connectivity index (χ0) is 19.0. The number of aromatic hydroxyl groups is 1. The Hall–Kier alpha value is -0.0757. The first kappa shape index (κ1) is 23.0. The third-order valence-electron chi connectivity index (χ3n) is 4.04. The molecule has 0 aromatic heterocycles. The van der Waals surface area contributed by atoms with Crippen LogP contribution in [0.3, 0.4) is 0 Å². The summed E-state index contributed by atoms with van der Waals surface area (Å²) in [4.78, 5) is 2.31. The minimum absolute atomic E-state index is 0.446. The van der Waals surface area contributed by atoms with E-state index < -0.39 is 17.0 Å². The summed E-state index contributed by atoms with van der Waals surface area (Å²) < 4.78 is 0. The molecule has 0 saturated heterocycles. The molecule has 2 aromatic carbocycles. The van der Waals surface area contributed by atoms with Crippen LogP contribution < -0.4 is 10.6 Å². The summed E-state index contributed by atoms with van der Waals surface area (Å²) in [6, 6.07) is 10.6. The number of phenols is 1. The second-order valence-electron chi connectivity index (χ2n) is 6.11. The predicted octanol–water partition coefficient (Wildman–Crippen LogP) is 4.77. The molecule has 136 valence electrons. The number of rotatable bonds is 5. The number of phenolic OH excluding ortho intramolecular Hbond substituents is 1. The van der Waals surface area contributed by atoms with Gasteiger partial charge in [-0.15, -0.1) is 0 Å². The zero-order valence-corrected chi connectivity index (χ0v) is 19.5. The van der Waals surface area contributed by atoms with Gasteiger partial charge in [0.15, 0.2) is 0 Å². The zero-order valence-electron chi connectivity index (χ0n) is 15.5. The van der Waals surface area contributed by atoms with Crippen molar-refractivity contribution in [3.05, 3.63) is 52.6 Å². The molecule has 1 atom stereocenters. The average molecular weight is 434 g/mol. The first-order valence-corrected chi connectivity index (χ1v) is 13.4. The van der Waals surface area contributed by atoms with Gasteiger partial charge in [0.2, 0.25) is 0 Å². The van der Waals surface area contributed by atoms with E-state index in [9.17, 15) is 5.11 Å². The van der Waals surface area contributed by atoms with Crippen molar-refractivity contribution in [1.29, 1.82) is 0 Å². The average Bonchev–Trinajstić information content (AvgIpc) is 2.55. The van der Waals surface area contributed by atoms with E-state index in [1.54, 1.807) is 0 Å². The van der Waals surface area contributed by atoms with Crippen LogP contribution in [-0.4, -0.2) is 23.6 Å². The van der Waals surface area contributed by atoms with Crippen LogP contribution in [0.2, 0.25) is 0 Å². The molecule has 0 aliphatic heterocycles. The summed E-state index contributed by atoms with van der Waals surface area (Å²) >= 11 is -0.556. The van der Waals surface area contributed by atoms with Gasteiger partial charge in [-0.05, 0) is 68.0 Å². The van der Waals surface area contributed by atoms with Gasteiger partial charge in [-0.25, -0.2) is 0 Å². The summed E-state index contributed by atoms with van der Waals surface area (Å²) in [7, 11) is 12.4. The molecule has 6 heteroatoms. The molecule has 0 spiro atoms. The Bertz CT molecular complexity index is 697. The maximum absolute atomic E-state index is 10.4. The van der Waals surface area contributed by atoms with Gasteiger partial charge in [0, 0.05) is 11.8 Å². The van der Waals surface area contributed by atoms with Gasteiger partial charge in [-0.2, -0.15) is 0 Å². The molecule has 0 radical (unpaired) electrons. The van der Waals surface area contributed by atoms with Gasteiger partial charge in [0.25, 0.3) is 0 Å². The predicted molar refractivity (Wildman–Crippen MR) is 110 cm³/mol. The Labute approximate surface area is 170 Å². The monoisotopic (exact) mass is 433 g/mol. The van der Waals surface area contributed by atoms with Crippen molar-refractivity contribution in [1.82, 2.24) is 4.90 Å². The third-order valence-corrected chi connectivity index (χ3v) is 5.66. The summed E-state index contributed by atoms with van der Waals surface area (Å²) in [5, 5.41) is 12.8. The Kier molecular flexibility index (Phi) is 10.7. The maximum atomic E-state index is 10.4. The van der Waals surface area contributed by atoms with Gasteiger partial charge >= 0.3 is 35.6 Å². The van der Waals surface area contributed by atoms with Gasteiger partial charge < -0.3 is 10.0 Å². The molecule has 2 rings (SSSR count). The van der Waals surface area contributed by atoms with Crippen molar-refractivity contribution in [2.75, 3.05) is 13.6 Å². The molecule has 1 unspecified atom stereocenters. The van der Waals surface area contributed by atoms with Crippen molar-refractivity contribution >= 4 is 37.8 Å². The van der Waals surface area contributed by atoms with Crippen LogP contribution in [0.25, 0.3) is 0 Å². The molecule has 0 aliphatic rings. The number of aryl methyl sites for hydroxylation is 3. The number of halogens is 2. The number of nitrogens with zero attached hydrogens (tertiary/aromatic N) is 1. The Morgan fingerprint density at radius 3 is 2.36 bits per heavy atom. The summed E-state index contributed by atoms with van der Waals surface area (Å²) in [5.41, 5.74) is 4.84. The van der Waals surface area contributed by atoms with Crippen LogP contribution in [0, 0.1) is 20.8 Å². The molecule has 2 nitrogen and oxygen atoms in total. The van der Waals surface area contributed by atoms with Crippen molar-refractivity contribution in [2.24, 2.45) is 0 Å². The molecule has 0 fully saturated rings. The van der Waals surface area contributed by atoms with E-state index in [-0.39, 0.29) is 0 Å². The number of hydrogen-bond donors (Lipinski definition) is 1. The molecule has 0 bridgehead atoms. The van der Waals surface area contributed by atoms with Crippen LogP contribution in [0.15, 0.2) is 30.3 Å². The number of hydrogen-bond acceptors (Lipinski definition) is 2. The molecular weight excluding hydrogens is 408 g/mol. The normalized spacial score (nSPS) is 10.9. The van der Waals surface area contributed by atoms with Crippen molar-refractivity contribution in [2.45, 2.75) is 34.2 Å². The Balaban J connectivity index is 0.000000970. The van der Waals surface area contributed by atoms with E-state index in [4.69, 9.17) is 18.6 Å². The summed E-state index contributed by atoms with van der Waals surface area (Å²) in [6.45, 7) is 10.4. The Morgan fingerprint density at radius 1 is 1.12 bits per heavy atom. The SMILES string of the molecule is CCN(C)Cc1cccc(C)c1Pc1cc(C)cc(C)c1O.[Cl][Ti][Cl]. The standard InChI is InChI=1S/C19H26NOP.2ClH.Ti/c1-6-20(5)12-16-9-7-8-14(3)19(16)22-17-11-13(2)10-15(4)18(17)21;;;/h7-11,21-22H,6,12H2,1-5H3;2*1H;/q;;;+2/p-2. The van der Waals surface area contributed by atoms with Crippen LogP contribution in [0.1, 0.15) is 29.2 Å². The van der Waals surface area contributed by atoms with E-state index in [1.165, 1.54) is 22.0 Å². The van der Waals surface area contributed by atoms with E-state index in [1.807, 2.05) is 13.0 Å². The van der Waals surface area contributed by atoms with Crippen molar-refractivity contribution in [3.8, 4) is 5.75 Å². The van der Waals surface area contributed by atoms with Crippen LogP contribution in [0.5, 0.6) is 5.75 Å². The summed E-state index contributed by atoms with van der Waals surface area (Å²) in [5.74, 6) is 0.446. The first-order valence-electron chi connectivity index (χ1n) is 8.14. The second-order valence-corrected chi connectivity index (χ2v) is 9.98. The van der Waals surface area contributed by atoms with Crippen LogP contribution >= 0.6 is 27.2 Å². The minimum atomic E-state index is -0.556. The van der Waals surface area contributed by atoms with Crippen LogP contribution in [-0.2, 0) is 23.6 Å². The van der Waals surface area contributed by atoms with Crippen molar-refractivity contribution < 1.29 is 22.1 Å². The van der Waals surface area contributed by atoms with Crippen molar-refractivity contribution in [3.63, 3.8) is 0 Å². The van der Waals surface area contributed by atoms with Crippen LogP contribution in [0.4, 0.5) is 0 Å². The van der Waals surface area contributed by atoms with Gasteiger partial charge in [0.1, 0.15) is 5.75 Å². The fraction of sp³-hybridized carbons (Fsp3) is 0.368. The first-order chi connectivity index (χ1) is 11.8. The molecule has 25 heavy (non-hydrogen) atoms. The molecule has 0 heterocycles. The molecule has 0 amide bonds. The number of benzene rings is 2.